The monoisotopic (exact) mass is 408 g/mol. The van der Waals surface area contributed by atoms with E-state index in [4.69, 9.17) is 0 Å². The molecule has 1 saturated heterocycles. The molecule has 8 heteroatoms. The molecule has 1 aliphatic heterocycles. The van der Waals surface area contributed by atoms with Crippen LogP contribution >= 0.6 is 0 Å². The molecule has 1 aliphatic rings. The highest BCUT2D eigenvalue weighted by molar-refractivity contribution is 5.98. The third-order valence-corrected chi connectivity index (χ3v) is 4.69. The molecular formula is C22H24N4O4. The molecule has 4 amide bonds. The lowest BCUT2D eigenvalue weighted by molar-refractivity contribution is -0.120. The zero-order valence-electron chi connectivity index (χ0n) is 16.7. The number of carbonyl (C=O) groups is 4. The minimum atomic E-state index is -0.357. The number of hydrogen-bond donors (Lipinski definition) is 3. The summed E-state index contributed by atoms with van der Waals surface area (Å²) in [6, 6.07) is 13.9. The third kappa shape index (κ3) is 5.66. The van der Waals surface area contributed by atoms with E-state index in [1.165, 1.54) is 6.92 Å². The topological polar surface area (TPSA) is 108 Å². The van der Waals surface area contributed by atoms with E-state index in [1.54, 1.807) is 53.4 Å². The first-order chi connectivity index (χ1) is 14.4. The van der Waals surface area contributed by atoms with Gasteiger partial charge in [0.25, 0.3) is 5.91 Å². The predicted molar refractivity (Wildman–Crippen MR) is 113 cm³/mol. The second-order valence-electron chi connectivity index (χ2n) is 7.03. The number of anilines is 2. The molecule has 0 aliphatic carbocycles. The van der Waals surface area contributed by atoms with Crippen LogP contribution in [0.2, 0.25) is 0 Å². The lowest BCUT2D eigenvalue weighted by Crippen LogP contribution is -2.36. The van der Waals surface area contributed by atoms with E-state index in [0.717, 1.165) is 17.7 Å². The van der Waals surface area contributed by atoms with Crippen molar-refractivity contribution in [2.75, 3.05) is 23.3 Å². The zero-order chi connectivity index (χ0) is 21.5. The van der Waals surface area contributed by atoms with Gasteiger partial charge < -0.3 is 20.9 Å². The molecule has 3 rings (SSSR count). The van der Waals surface area contributed by atoms with Gasteiger partial charge >= 0.3 is 0 Å². The molecule has 30 heavy (non-hydrogen) atoms. The van der Waals surface area contributed by atoms with Crippen molar-refractivity contribution >= 4 is 35.0 Å². The third-order valence-electron chi connectivity index (χ3n) is 4.69. The SMILES string of the molecule is CC(=O)Nc1ccc(CNC(=O)CNC(=O)c2ccc(N3CCCC3=O)cc2)cc1. The molecule has 0 atom stereocenters. The number of nitrogens with zero attached hydrogens (tertiary/aromatic N) is 1. The molecule has 8 nitrogen and oxygen atoms in total. The number of hydrogen-bond acceptors (Lipinski definition) is 4. The summed E-state index contributed by atoms with van der Waals surface area (Å²) in [5.74, 6) is -0.725. The van der Waals surface area contributed by atoms with Crippen LogP contribution in [0.25, 0.3) is 0 Å². The van der Waals surface area contributed by atoms with Crippen LogP contribution < -0.4 is 20.9 Å². The molecule has 0 radical (unpaired) electrons. The van der Waals surface area contributed by atoms with Crippen LogP contribution in [0, 0.1) is 0 Å². The quantitative estimate of drug-likeness (QED) is 0.649. The summed E-state index contributed by atoms with van der Waals surface area (Å²) in [5.41, 5.74) is 2.75. The Balaban J connectivity index is 1.43. The summed E-state index contributed by atoms with van der Waals surface area (Å²) < 4.78 is 0. The Labute approximate surface area is 174 Å². The molecular weight excluding hydrogens is 384 g/mol. The van der Waals surface area contributed by atoms with Gasteiger partial charge in [-0.05, 0) is 48.4 Å². The van der Waals surface area contributed by atoms with Gasteiger partial charge in [0.2, 0.25) is 17.7 Å². The molecule has 2 aromatic carbocycles. The standard InChI is InChI=1S/C22H24N4O4/c1-15(27)25-18-8-4-16(5-9-18)13-23-20(28)14-24-22(30)17-6-10-19(11-7-17)26-12-2-3-21(26)29/h4-11H,2-3,12-14H2,1H3,(H,23,28)(H,24,30)(H,25,27). The summed E-state index contributed by atoms with van der Waals surface area (Å²) in [4.78, 5) is 48.7. The number of amides is 4. The van der Waals surface area contributed by atoms with E-state index in [-0.39, 0.29) is 30.2 Å². The second kappa shape index (κ2) is 9.69. The van der Waals surface area contributed by atoms with E-state index < -0.39 is 0 Å². The van der Waals surface area contributed by atoms with Crippen molar-refractivity contribution in [2.45, 2.75) is 26.3 Å². The number of rotatable bonds is 7. The smallest absolute Gasteiger partial charge is 0.251 e. The van der Waals surface area contributed by atoms with Crippen molar-refractivity contribution in [1.82, 2.24) is 10.6 Å². The minimum absolute atomic E-state index is 0.0913. The highest BCUT2D eigenvalue weighted by atomic mass is 16.2. The van der Waals surface area contributed by atoms with Crippen LogP contribution in [-0.4, -0.2) is 36.7 Å². The molecule has 2 aromatic rings. The first kappa shape index (κ1) is 21.0. The first-order valence-electron chi connectivity index (χ1n) is 9.74. The Kier molecular flexibility index (Phi) is 6.79. The van der Waals surface area contributed by atoms with Crippen LogP contribution in [0.4, 0.5) is 11.4 Å². The number of nitrogens with one attached hydrogen (secondary N) is 3. The minimum Gasteiger partial charge on any atom is -0.350 e. The molecule has 0 saturated carbocycles. The molecule has 156 valence electrons. The summed E-state index contributed by atoms with van der Waals surface area (Å²) >= 11 is 0. The van der Waals surface area contributed by atoms with Crippen LogP contribution in [0.1, 0.15) is 35.7 Å². The average Bonchev–Trinajstić information content (AvgIpc) is 3.17. The summed E-state index contributed by atoms with van der Waals surface area (Å²) in [5, 5.41) is 7.99. The molecule has 0 unspecified atom stereocenters. The van der Waals surface area contributed by atoms with Crippen LogP contribution in [0.3, 0.4) is 0 Å². The van der Waals surface area contributed by atoms with E-state index in [1.807, 2.05) is 0 Å². The van der Waals surface area contributed by atoms with Gasteiger partial charge in [0.1, 0.15) is 0 Å². The Morgan fingerprint density at radius 2 is 1.67 bits per heavy atom. The Morgan fingerprint density at radius 3 is 2.27 bits per heavy atom. The highest BCUT2D eigenvalue weighted by Crippen LogP contribution is 2.21. The van der Waals surface area contributed by atoms with Gasteiger partial charge in [-0.3, -0.25) is 19.2 Å². The van der Waals surface area contributed by atoms with Gasteiger partial charge in [-0.15, -0.1) is 0 Å². The van der Waals surface area contributed by atoms with Crippen molar-refractivity contribution in [1.29, 1.82) is 0 Å². The molecule has 1 heterocycles. The molecule has 0 bridgehead atoms. The van der Waals surface area contributed by atoms with Gasteiger partial charge in [0, 0.05) is 43.4 Å². The fourth-order valence-electron chi connectivity index (χ4n) is 3.15. The van der Waals surface area contributed by atoms with E-state index in [0.29, 0.717) is 30.8 Å². The maximum atomic E-state index is 12.2. The zero-order valence-corrected chi connectivity index (χ0v) is 16.7. The maximum absolute atomic E-state index is 12.2. The summed E-state index contributed by atoms with van der Waals surface area (Å²) in [6.07, 6.45) is 1.40. The summed E-state index contributed by atoms with van der Waals surface area (Å²) in [6.45, 7) is 2.30. The van der Waals surface area contributed by atoms with Crippen LogP contribution in [-0.2, 0) is 20.9 Å². The Morgan fingerprint density at radius 1 is 0.967 bits per heavy atom. The van der Waals surface area contributed by atoms with Gasteiger partial charge in [-0.25, -0.2) is 0 Å². The van der Waals surface area contributed by atoms with E-state index >= 15 is 0 Å². The fraction of sp³-hybridized carbons (Fsp3) is 0.273. The predicted octanol–water partition coefficient (Wildman–Crippen LogP) is 1.82. The molecule has 0 aromatic heterocycles. The van der Waals surface area contributed by atoms with Crippen molar-refractivity contribution in [3.63, 3.8) is 0 Å². The lowest BCUT2D eigenvalue weighted by Gasteiger charge is -2.15. The lowest BCUT2D eigenvalue weighted by atomic mass is 10.2. The van der Waals surface area contributed by atoms with Crippen molar-refractivity contribution in [3.8, 4) is 0 Å². The Hall–Kier alpha value is -3.68. The fourth-order valence-corrected chi connectivity index (χ4v) is 3.15. The largest absolute Gasteiger partial charge is 0.350 e. The Bertz CT molecular complexity index is 939. The van der Waals surface area contributed by atoms with Crippen LogP contribution in [0.15, 0.2) is 48.5 Å². The van der Waals surface area contributed by atoms with Gasteiger partial charge in [0.05, 0.1) is 6.54 Å². The van der Waals surface area contributed by atoms with Crippen molar-refractivity contribution < 1.29 is 19.2 Å². The molecule has 3 N–H and O–H groups in total. The summed E-state index contributed by atoms with van der Waals surface area (Å²) in [7, 11) is 0. The number of carbonyl (C=O) groups excluding carboxylic acids is 4. The van der Waals surface area contributed by atoms with Crippen LogP contribution in [0.5, 0.6) is 0 Å². The first-order valence-corrected chi connectivity index (χ1v) is 9.74. The highest BCUT2D eigenvalue weighted by Gasteiger charge is 2.21. The van der Waals surface area contributed by atoms with Gasteiger partial charge in [-0.1, -0.05) is 12.1 Å². The number of benzene rings is 2. The van der Waals surface area contributed by atoms with Gasteiger partial charge in [-0.2, -0.15) is 0 Å². The second-order valence-corrected chi connectivity index (χ2v) is 7.03. The van der Waals surface area contributed by atoms with E-state index in [2.05, 4.69) is 16.0 Å². The maximum Gasteiger partial charge on any atom is 0.251 e. The van der Waals surface area contributed by atoms with E-state index in [9.17, 15) is 19.2 Å². The average molecular weight is 408 g/mol. The van der Waals surface area contributed by atoms with Crippen molar-refractivity contribution in [2.24, 2.45) is 0 Å². The normalized spacial score (nSPS) is 13.1. The molecule has 1 fully saturated rings. The van der Waals surface area contributed by atoms with Crippen molar-refractivity contribution in [3.05, 3.63) is 59.7 Å². The molecule has 0 spiro atoms. The van der Waals surface area contributed by atoms with Gasteiger partial charge in [0.15, 0.2) is 0 Å².